The number of benzene rings is 1. The average Bonchev–Trinajstić information content (AvgIpc) is 2.44. The topological polar surface area (TPSA) is 71.5 Å². The quantitative estimate of drug-likeness (QED) is 0.791. The molecule has 0 bridgehead atoms. The summed E-state index contributed by atoms with van der Waals surface area (Å²) in [5, 5.41) is 11.9. The summed E-state index contributed by atoms with van der Waals surface area (Å²) in [5.74, 6) is 0.307. The third-order valence-electron chi connectivity index (χ3n) is 2.63. The van der Waals surface area contributed by atoms with Gasteiger partial charge in [-0.3, -0.25) is 0 Å². The molecule has 5 nitrogen and oxygen atoms in total. The largest absolute Gasteiger partial charge is 0.492 e. The third kappa shape index (κ3) is 3.98. The monoisotopic (exact) mass is 272 g/mol. The van der Waals surface area contributed by atoms with Crippen molar-refractivity contribution < 1.29 is 14.6 Å². The van der Waals surface area contributed by atoms with Crippen LogP contribution < -0.4 is 10.1 Å². The van der Waals surface area contributed by atoms with Gasteiger partial charge in [-0.25, -0.2) is 9.78 Å². The number of anilines is 1. The highest BCUT2D eigenvalue weighted by molar-refractivity contribution is 5.85. The van der Waals surface area contributed by atoms with Gasteiger partial charge in [0.2, 0.25) is 0 Å². The number of hydrogen-bond acceptors (Lipinski definition) is 4. The first-order chi connectivity index (χ1) is 9.65. The fraction of sp³-hybridized carbons (Fsp3) is 0.200. The van der Waals surface area contributed by atoms with Crippen molar-refractivity contribution in [2.75, 3.05) is 18.5 Å². The minimum absolute atomic E-state index is 0.0228. The molecule has 0 aliphatic carbocycles. The second-order valence-corrected chi connectivity index (χ2v) is 4.30. The number of pyridine rings is 1. The number of carboxylic acids is 1. The van der Waals surface area contributed by atoms with Gasteiger partial charge < -0.3 is 15.2 Å². The molecule has 5 heteroatoms. The zero-order chi connectivity index (χ0) is 14.4. The first-order valence-corrected chi connectivity index (χ1v) is 6.29. The summed E-state index contributed by atoms with van der Waals surface area (Å²) in [4.78, 5) is 14.7. The van der Waals surface area contributed by atoms with E-state index in [1.807, 2.05) is 31.2 Å². The van der Waals surface area contributed by atoms with Crippen molar-refractivity contribution in [2.24, 2.45) is 0 Å². The Bertz CT molecular complexity index is 599. The summed E-state index contributed by atoms with van der Waals surface area (Å²) >= 11 is 0. The molecule has 0 spiro atoms. The second-order valence-electron chi connectivity index (χ2n) is 4.30. The molecule has 0 unspecified atom stereocenters. The van der Waals surface area contributed by atoms with Crippen LogP contribution in [-0.2, 0) is 0 Å². The number of aromatic carboxylic acids is 1. The Morgan fingerprint density at radius 3 is 2.85 bits per heavy atom. The fourth-order valence-corrected chi connectivity index (χ4v) is 1.71. The van der Waals surface area contributed by atoms with Crippen LogP contribution in [0.15, 0.2) is 42.5 Å². The van der Waals surface area contributed by atoms with Crippen LogP contribution in [0.5, 0.6) is 5.75 Å². The molecule has 0 radical (unpaired) electrons. The van der Waals surface area contributed by atoms with Gasteiger partial charge in [0.1, 0.15) is 18.2 Å². The fourth-order valence-electron chi connectivity index (χ4n) is 1.71. The molecule has 1 aromatic heterocycles. The van der Waals surface area contributed by atoms with E-state index in [-0.39, 0.29) is 5.69 Å². The maximum atomic E-state index is 10.8. The van der Waals surface area contributed by atoms with Crippen molar-refractivity contribution in [1.82, 2.24) is 4.98 Å². The lowest BCUT2D eigenvalue weighted by atomic mass is 10.2. The van der Waals surface area contributed by atoms with Crippen LogP contribution in [0.2, 0.25) is 0 Å². The van der Waals surface area contributed by atoms with Gasteiger partial charge in [-0.2, -0.15) is 0 Å². The van der Waals surface area contributed by atoms with Crippen LogP contribution in [-0.4, -0.2) is 29.2 Å². The summed E-state index contributed by atoms with van der Waals surface area (Å²) in [6, 6.07) is 12.6. The molecule has 2 aromatic rings. The summed E-state index contributed by atoms with van der Waals surface area (Å²) in [6.07, 6.45) is 0. The number of ether oxygens (including phenoxy) is 1. The van der Waals surface area contributed by atoms with Gasteiger partial charge in [-0.05, 0) is 36.8 Å². The summed E-state index contributed by atoms with van der Waals surface area (Å²) < 4.78 is 5.58. The first kappa shape index (κ1) is 13.9. The Labute approximate surface area is 117 Å². The molecule has 2 N–H and O–H groups in total. The maximum absolute atomic E-state index is 10.8. The number of carbonyl (C=O) groups is 1. The van der Waals surface area contributed by atoms with Crippen molar-refractivity contribution >= 4 is 11.8 Å². The lowest BCUT2D eigenvalue weighted by Gasteiger charge is -2.08. The molecule has 2 rings (SSSR count). The molecule has 0 aliphatic rings. The average molecular weight is 272 g/mol. The summed E-state index contributed by atoms with van der Waals surface area (Å²) in [6.45, 7) is 3.03. The van der Waals surface area contributed by atoms with Gasteiger partial charge in [-0.1, -0.05) is 18.2 Å². The highest BCUT2D eigenvalue weighted by Crippen LogP contribution is 2.12. The lowest BCUT2D eigenvalue weighted by Crippen LogP contribution is -2.13. The zero-order valence-corrected chi connectivity index (χ0v) is 11.2. The predicted molar refractivity (Wildman–Crippen MR) is 76.4 cm³/mol. The molecular weight excluding hydrogens is 256 g/mol. The number of hydrogen-bond donors (Lipinski definition) is 2. The zero-order valence-electron chi connectivity index (χ0n) is 11.2. The van der Waals surface area contributed by atoms with Crippen molar-refractivity contribution in [3.05, 3.63) is 53.7 Å². The van der Waals surface area contributed by atoms with Crippen LogP contribution in [0.4, 0.5) is 5.82 Å². The van der Waals surface area contributed by atoms with Gasteiger partial charge in [0.25, 0.3) is 0 Å². The molecule has 0 saturated heterocycles. The predicted octanol–water partition coefficient (Wildman–Crippen LogP) is 2.58. The van der Waals surface area contributed by atoms with Crippen LogP contribution in [0, 0.1) is 6.92 Å². The van der Waals surface area contributed by atoms with Gasteiger partial charge >= 0.3 is 5.97 Å². The standard InChI is InChI=1S/C15H16N2O3/c1-11-4-2-5-12(10-11)20-9-8-16-14-7-3-6-13(17-14)15(18)19/h2-7,10H,8-9H2,1H3,(H,16,17)(H,18,19). The number of aromatic nitrogens is 1. The maximum Gasteiger partial charge on any atom is 0.354 e. The summed E-state index contributed by atoms with van der Waals surface area (Å²) in [7, 11) is 0. The summed E-state index contributed by atoms with van der Waals surface area (Å²) in [5.41, 5.74) is 1.17. The van der Waals surface area contributed by atoms with Crippen LogP contribution >= 0.6 is 0 Å². The Morgan fingerprint density at radius 2 is 2.10 bits per heavy atom. The normalized spacial score (nSPS) is 10.1. The molecule has 0 fully saturated rings. The molecule has 20 heavy (non-hydrogen) atoms. The van der Waals surface area contributed by atoms with Crippen molar-refractivity contribution in [3.63, 3.8) is 0 Å². The molecular formula is C15H16N2O3. The minimum Gasteiger partial charge on any atom is -0.492 e. The minimum atomic E-state index is -1.04. The van der Waals surface area contributed by atoms with E-state index >= 15 is 0 Å². The molecule has 1 heterocycles. The Hall–Kier alpha value is -2.56. The Kier molecular flexibility index (Phi) is 4.55. The number of carboxylic acid groups (broad SMARTS) is 1. The van der Waals surface area contributed by atoms with E-state index in [4.69, 9.17) is 9.84 Å². The van der Waals surface area contributed by atoms with E-state index in [1.165, 1.54) is 6.07 Å². The van der Waals surface area contributed by atoms with Crippen LogP contribution in [0.1, 0.15) is 16.1 Å². The van der Waals surface area contributed by atoms with Gasteiger partial charge in [0.05, 0.1) is 6.54 Å². The highest BCUT2D eigenvalue weighted by atomic mass is 16.5. The molecule has 1 aromatic carbocycles. The Balaban J connectivity index is 1.81. The van der Waals surface area contributed by atoms with Gasteiger partial charge in [-0.15, -0.1) is 0 Å². The van der Waals surface area contributed by atoms with E-state index in [1.54, 1.807) is 12.1 Å². The van der Waals surface area contributed by atoms with Crippen LogP contribution in [0.25, 0.3) is 0 Å². The van der Waals surface area contributed by atoms with E-state index in [9.17, 15) is 4.79 Å². The number of aryl methyl sites for hydroxylation is 1. The Morgan fingerprint density at radius 1 is 1.30 bits per heavy atom. The molecule has 104 valence electrons. The van der Waals surface area contributed by atoms with E-state index in [0.717, 1.165) is 11.3 Å². The van der Waals surface area contributed by atoms with Crippen LogP contribution in [0.3, 0.4) is 0 Å². The number of nitrogens with one attached hydrogen (secondary N) is 1. The second kappa shape index (κ2) is 6.56. The molecule has 0 aliphatic heterocycles. The number of nitrogens with zero attached hydrogens (tertiary/aromatic N) is 1. The van der Waals surface area contributed by atoms with E-state index < -0.39 is 5.97 Å². The molecule has 0 amide bonds. The third-order valence-corrected chi connectivity index (χ3v) is 2.63. The first-order valence-electron chi connectivity index (χ1n) is 6.29. The molecule has 0 atom stereocenters. The van der Waals surface area contributed by atoms with E-state index in [0.29, 0.717) is 19.0 Å². The highest BCUT2D eigenvalue weighted by Gasteiger charge is 2.04. The van der Waals surface area contributed by atoms with Crippen molar-refractivity contribution in [2.45, 2.75) is 6.92 Å². The molecule has 0 saturated carbocycles. The van der Waals surface area contributed by atoms with Gasteiger partial charge in [0.15, 0.2) is 5.69 Å². The lowest BCUT2D eigenvalue weighted by molar-refractivity contribution is 0.0690. The smallest absolute Gasteiger partial charge is 0.354 e. The van der Waals surface area contributed by atoms with Crippen molar-refractivity contribution in [3.8, 4) is 5.75 Å². The van der Waals surface area contributed by atoms with E-state index in [2.05, 4.69) is 10.3 Å². The van der Waals surface area contributed by atoms with Crippen molar-refractivity contribution in [1.29, 1.82) is 0 Å². The van der Waals surface area contributed by atoms with Gasteiger partial charge in [0, 0.05) is 0 Å². The SMILES string of the molecule is Cc1cccc(OCCNc2cccc(C(=O)O)n2)c1. The number of rotatable bonds is 6.